The van der Waals surface area contributed by atoms with Crippen LogP contribution in [0.1, 0.15) is 25.0 Å². The summed E-state index contributed by atoms with van der Waals surface area (Å²) in [4.78, 5) is 17.7. The van der Waals surface area contributed by atoms with Gasteiger partial charge in [-0.05, 0) is 18.6 Å². The van der Waals surface area contributed by atoms with Crippen LogP contribution in [0.3, 0.4) is 0 Å². The summed E-state index contributed by atoms with van der Waals surface area (Å²) in [5.74, 6) is 1.77. The molecule has 2 heterocycles. The van der Waals surface area contributed by atoms with E-state index >= 15 is 0 Å². The van der Waals surface area contributed by atoms with Crippen molar-refractivity contribution >= 4 is 35.9 Å². The number of halogens is 1. The van der Waals surface area contributed by atoms with E-state index in [2.05, 4.69) is 75.1 Å². The fourth-order valence-corrected chi connectivity index (χ4v) is 3.31. The number of hydrogen-bond acceptors (Lipinski definition) is 4. The molecule has 1 N–H and O–H groups in total. The van der Waals surface area contributed by atoms with E-state index in [1.54, 1.807) is 12.4 Å². The molecular weight excluding hydrogens is 463 g/mol. The Balaban J connectivity index is 0.00000280. The van der Waals surface area contributed by atoms with E-state index in [1.165, 1.54) is 11.1 Å². The predicted molar refractivity (Wildman–Crippen MR) is 127 cm³/mol. The van der Waals surface area contributed by atoms with Crippen molar-refractivity contribution in [1.29, 1.82) is 0 Å². The normalized spacial score (nSPS) is 15.2. The number of piperazine rings is 1. The van der Waals surface area contributed by atoms with Gasteiger partial charge < -0.3 is 15.1 Å². The topological polar surface area (TPSA) is 56.7 Å². The van der Waals surface area contributed by atoms with Crippen LogP contribution in [0, 0.1) is 6.92 Å². The van der Waals surface area contributed by atoms with Crippen molar-refractivity contribution in [2.75, 3.05) is 44.7 Å². The summed E-state index contributed by atoms with van der Waals surface area (Å²) in [5, 5.41) is 3.57. The lowest BCUT2D eigenvalue weighted by Crippen LogP contribution is -2.54. The van der Waals surface area contributed by atoms with Crippen LogP contribution in [0.2, 0.25) is 0 Å². The molecule has 1 aliphatic rings. The number of benzene rings is 1. The van der Waals surface area contributed by atoms with E-state index in [9.17, 15) is 0 Å². The van der Waals surface area contributed by atoms with Crippen molar-refractivity contribution in [2.24, 2.45) is 4.99 Å². The molecule has 7 heteroatoms. The number of nitrogens with one attached hydrogen (secondary N) is 1. The number of aliphatic imine (C=N–C) groups is 1. The number of anilines is 1. The molecule has 0 saturated carbocycles. The summed E-state index contributed by atoms with van der Waals surface area (Å²) in [6.45, 7) is 11.1. The van der Waals surface area contributed by atoms with Gasteiger partial charge in [-0.25, -0.2) is 9.97 Å². The van der Waals surface area contributed by atoms with Crippen molar-refractivity contribution in [1.82, 2.24) is 20.2 Å². The molecule has 6 nitrogen and oxygen atoms in total. The molecule has 3 rings (SSSR count). The summed E-state index contributed by atoms with van der Waals surface area (Å²) in [6, 6.07) is 10.6. The molecule has 0 amide bonds. The average molecular weight is 494 g/mol. The van der Waals surface area contributed by atoms with Crippen LogP contribution in [-0.2, 0) is 5.41 Å². The Morgan fingerprint density at radius 3 is 2.25 bits per heavy atom. The van der Waals surface area contributed by atoms with Crippen LogP contribution in [-0.4, -0.2) is 60.6 Å². The molecule has 1 aromatic heterocycles. The van der Waals surface area contributed by atoms with Gasteiger partial charge in [0.1, 0.15) is 0 Å². The minimum absolute atomic E-state index is 0. The summed E-state index contributed by atoms with van der Waals surface area (Å²) in [6.07, 6.45) is 3.59. The van der Waals surface area contributed by atoms with Gasteiger partial charge in [-0.1, -0.05) is 43.7 Å². The standard InChI is InChI=1S/C21H30N6.HI/c1-17-6-8-18(9-7-17)21(2,3)16-25-19(22-4)26-12-14-27(15-13-26)20-23-10-5-11-24-20;/h5-11H,12-16H2,1-4H3,(H,22,25);1H. The molecular formula is C21H31IN6. The first kappa shape index (κ1) is 22.4. The summed E-state index contributed by atoms with van der Waals surface area (Å²) < 4.78 is 0. The lowest BCUT2D eigenvalue weighted by Gasteiger charge is -2.37. The van der Waals surface area contributed by atoms with Crippen LogP contribution >= 0.6 is 24.0 Å². The van der Waals surface area contributed by atoms with Crippen molar-refractivity contribution in [3.63, 3.8) is 0 Å². The monoisotopic (exact) mass is 494 g/mol. The third-order valence-corrected chi connectivity index (χ3v) is 5.15. The zero-order valence-corrected chi connectivity index (χ0v) is 19.6. The summed E-state index contributed by atoms with van der Waals surface area (Å²) in [7, 11) is 1.86. The third kappa shape index (κ3) is 5.56. The molecule has 0 bridgehead atoms. The van der Waals surface area contributed by atoms with Crippen LogP contribution in [0.15, 0.2) is 47.7 Å². The lowest BCUT2D eigenvalue weighted by atomic mass is 9.84. The number of guanidine groups is 1. The molecule has 2 aromatic rings. The summed E-state index contributed by atoms with van der Waals surface area (Å²) >= 11 is 0. The maximum Gasteiger partial charge on any atom is 0.225 e. The average Bonchev–Trinajstić information content (AvgIpc) is 2.70. The predicted octanol–water partition coefficient (Wildman–Crippen LogP) is 3.08. The maximum atomic E-state index is 4.50. The van der Waals surface area contributed by atoms with E-state index in [1.807, 2.05) is 13.1 Å². The van der Waals surface area contributed by atoms with Crippen molar-refractivity contribution < 1.29 is 0 Å². The van der Waals surface area contributed by atoms with Gasteiger partial charge in [0.2, 0.25) is 5.95 Å². The Morgan fingerprint density at radius 1 is 1.07 bits per heavy atom. The molecule has 0 atom stereocenters. The molecule has 0 aliphatic carbocycles. The quantitative estimate of drug-likeness (QED) is 0.403. The Morgan fingerprint density at radius 2 is 1.68 bits per heavy atom. The zero-order valence-electron chi connectivity index (χ0n) is 17.2. The number of aromatic nitrogens is 2. The first-order chi connectivity index (χ1) is 13.0. The third-order valence-electron chi connectivity index (χ3n) is 5.15. The Hall–Kier alpha value is -1.90. The first-order valence-electron chi connectivity index (χ1n) is 9.54. The van der Waals surface area contributed by atoms with Crippen molar-refractivity contribution in [2.45, 2.75) is 26.2 Å². The van der Waals surface area contributed by atoms with Crippen LogP contribution in [0.5, 0.6) is 0 Å². The van der Waals surface area contributed by atoms with E-state index in [-0.39, 0.29) is 29.4 Å². The van der Waals surface area contributed by atoms with Crippen molar-refractivity contribution in [3.8, 4) is 0 Å². The Bertz CT molecular complexity index is 752. The molecule has 1 aromatic carbocycles. The van der Waals surface area contributed by atoms with Crippen molar-refractivity contribution in [3.05, 3.63) is 53.9 Å². The van der Waals surface area contributed by atoms with Crippen LogP contribution < -0.4 is 10.2 Å². The van der Waals surface area contributed by atoms with E-state index in [0.717, 1.165) is 44.6 Å². The van der Waals surface area contributed by atoms with E-state index in [4.69, 9.17) is 0 Å². The molecule has 0 radical (unpaired) electrons. The SMILES string of the molecule is CN=C(NCC(C)(C)c1ccc(C)cc1)N1CCN(c2ncccn2)CC1.I. The molecule has 1 fully saturated rings. The highest BCUT2D eigenvalue weighted by Gasteiger charge is 2.24. The van der Waals surface area contributed by atoms with Crippen LogP contribution in [0.4, 0.5) is 5.95 Å². The van der Waals surface area contributed by atoms with Gasteiger partial charge in [0, 0.05) is 57.6 Å². The molecule has 28 heavy (non-hydrogen) atoms. The van der Waals surface area contributed by atoms with Gasteiger partial charge in [0.15, 0.2) is 5.96 Å². The number of nitrogens with zero attached hydrogens (tertiary/aromatic N) is 5. The largest absolute Gasteiger partial charge is 0.355 e. The Labute approximate surface area is 185 Å². The highest BCUT2D eigenvalue weighted by atomic mass is 127. The van der Waals surface area contributed by atoms with Gasteiger partial charge in [-0.15, -0.1) is 24.0 Å². The van der Waals surface area contributed by atoms with Gasteiger partial charge >= 0.3 is 0 Å². The minimum Gasteiger partial charge on any atom is -0.355 e. The van der Waals surface area contributed by atoms with Gasteiger partial charge in [0.05, 0.1) is 0 Å². The number of rotatable bonds is 4. The van der Waals surface area contributed by atoms with E-state index in [0.29, 0.717) is 0 Å². The first-order valence-corrected chi connectivity index (χ1v) is 9.54. The van der Waals surface area contributed by atoms with E-state index < -0.39 is 0 Å². The Kier molecular flexibility index (Phi) is 8.03. The molecule has 1 saturated heterocycles. The molecule has 0 spiro atoms. The lowest BCUT2D eigenvalue weighted by molar-refractivity contribution is 0.364. The second-order valence-corrected chi connectivity index (χ2v) is 7.67. The maximum absolute atomic E-state index is 4.50. The highest BCUT2D eigenvalue weighted by Crippen LogP contribution is 2.22. The van der Waals surface area contributed by atoms with Gasteiger partial charge in [-0.3, -0.25) is 4.99 Å². The van der Waals surface area contributed by atoms with Gasteiger partial charge in [-0.2, -0.15) is 0 Å². The summed E-state index contributed by atoms with van der Waals surface area (Å²) in [5.41, 5.74) is 2.66. The number of aryl methyl sites for hydroxylation is 1. The highest BCUT2D eigenvalue weighted by molar-refractivity contribution is 14.0. The number of hydrogen-bond donors (Lipinski definition) is 1. The molecule has 1 aliphatic heterocycles. The second kappa shape index (κ2) is 10.0. The second-order valence-electron chi connectivity index (χ2n) is 7.67. The fraction of sp³-hybridized carbons (Fsp3) is 0.476. The smallest absolute Gasteiger partial charge is 0.225 e. The van der Waals surface area contributed by atoms with Crippen LogP contribution in [0.25, 0.3) is 0 Å². The molecule has 0 unspecified atom stereocenters. The molecule has 152 valence electrons. The zero-order chi connectivity index (χ0) is 19.3. The minimum atomic E-state index is 0. The fourth-order valence-electron chi connectivity index (χ4n) is 3.31. The van der Waals surface area contributed by atoms with Gasteiger partial charge in [0.25, 0.3) is 0 Å².